The molecule has 0 radical (unpaired) electrons. The topological polar surface area (TPSA) is 9.23 Å². The summed E-state index contributed by atoms with van der Waals surface area (Å²) in [6.45, 7) is 5.11. The summed E-state index contributed by atoms with van der Waals surface area (Å²) in [5.41, 5.74) is 1.28. The summed E-state index contributed by atoms with van der Waals surface area (Å²) in [4.78, 5) is 2.81. The van der Waals surface area contributed by atoms with Gasteiger partial charge in [0.15, 0.2) is 0 Å². The van der Waals surface area contributed by atoms with Crippen LogP contribution >= 0.6 is 11.3 Å². The first-order chi connectivity index (χ1) is 10.3. The van der Waals surface area contributed by atoms with Gasteiger partial charge < -0.3 is 4.74 Å². The highest BCUT2D eigenvalue weighted by Crippen LogP contribution is 2.30. The van der Waals surface area contributed by atoms with Gasteiger partial charge in [-0.2, -0.15) is 0 Å². The van der Waals surface area contributed by atoms with Gasteiger partial charge in [0.25, 0.3) is 0 Å². The van der Waals surface area contributed by atoms with Crippen molar-refractivity contribution in [1.29, 1.82) is 0 Å². The van der Waals surface area contributed by atoms with Crippen LogP contribution < -0.4 is 4.74 Å². The number of thiophene rings is 1. The van der Waals surface area contributed by atoms with Crippen molar-refractivity contribution in [3.05, 3.63) is 53.4 Å². The standard InChI is InChI=1S/C19H24OS/c1-3-5-6-7-15-20-17-11-9-16(10-12-17)19-14-13-18(21-19)8-4-2/h5-6,9-14H,3-4,7-8,15H2,1-2H3/b6-5-. The van der Waals surface area contributed by atoms with Gasteiger partial charge in [-0.15, -0.1) is 11.3 Å². The first kappa shape index (κ1) is 15.8. The van der Waals surface area contributed by atoms with E-state index in [2.05, 4.69) is 62.4 Å². The van der Waals surface area contributed by atoms with E-state index >= 15 is 0 Å². The van der Waals surface area contributed by atoms with Crippen molar-refractivity contribution in [2.24, 2.45) is 0 Å². The molecule has 0 saturated heterocycles. The lowest BCUT2D eigenvalue weighted by molar-refractivity contribution is 0.325. The van der Waals surface area contributed by atoms with Crippen molar-refractivity contribution in [2.45, 2.75) is 39.5 Å². The Hall–Kier alpha value is -1.54. The lowest BCUT2D eigenvalue weighted by Gasteiger charge is -2.05. The minimum atomic E-state index is 0.746. The van der Waals surface area contributed by atoms with Crippen molar-refractivity contribution in [2.75, 3.05) is 6.61 Å². The van der Waals surface area contributed by atoms with Gasteiger partial charge in [-0.1, -0.05) is 32.4 Å². The molecule has 21 heavy (non-hydrogen) atoms. The number of allylic oxidation sites excluding steroid dienone is 1. The molecule has 2 rings (SSSR count). The lowest BCUT2D eigenvalue weighted by Crippen LogP contribution is -1.95. The van der Waals surface area contributed by atoms with Crippen molar-refractivity contribution in [3.63, 3.8) is 0 Å². The molecule has 1 aromatic carbocycles. The van der Waals surface area contributed by atoms with E-state index in [9.17, 15) is 0 Å². The summed E-state index contributed by atoms with van der Waals surface area (Å²) in [7, 11) is 0. The second-order valence-corrected chi connectivity index (χ2v) is 6.23. The van der Waals surface area contributed by atoms with Gasteiger partial charge in [0, 0.05) is 9.75 Å². The number of benzene rings is 1. The van der Waals surface area contributed by atoms with Gasteiger partial charge >= 0.3 is 0 Å². The Morgan fingerprint density at radius 3 is 2.52 bits per heavy atom. The number of rotatable bonds is 8. The van der Waals surface area contributed by atoms with Gasteiger partial charge in [0.1, 0.15) is 5.75 Å². The summed E-state index contributed by atoms with van der Waals surface area (Å²) in [6, 6.07) is 12.9. The largest absolute Gasteiger partial charge is 0.493 e. The molecule has 0 aliphatic rings. The Morgan fingerprint density at radius 1 is 1.00 bits per heavy atom. The summed E-state index contributed by atoms with van der Waals surface area (Å²) < 4.78 is 5.74. The van der Waals surface area contributed by atoms with Crippen LogP contribution in [0.2, 0.25) is 0 Å². The minimum Gasteiger partial charge on any atom is -0.493 e. The van der Waals surface area contributed by atoms with Gasteiger partial charge in [-0.25, -0.2) is 0 Å². The van der Waals surface area contributed by atoms with E-state index in [-0.39, 0.29) is 0 Å². The molecule has 2 heteroatoms. The molecular formula is C19H24OS. The van der Waals surface area contributed by atoms with Crippen molar-refractivity contribution < 1.29 is 4.74 Å². The first-order valence-corrected chi connectivity index (χ1v) is 8.62. The van der Waals surface area contributed by atoms with E-state index in [0.29, 0.717) is 0 Å². The molecule has 1 aromatic heterocycles. The molecule has 0 N–H and O–H groups in total. The molecule has 112 valence electrons. The first-order valence-electron chi connectivity index (χ1n) is 7.80. The number of ether oxygens (including phenoxy) is 1. The van der Waals surface area contributed by atoms with Crippen LogP contribution in [0, 0.1) is 0 Å². The number of aryl methyl sites for hydroxylation is 1. The third kappa shape index (κ3) is 5.05. The molecule has 0 saturated carbocycles. The fourth-order valence-electron chi connectivity index (χ4n) is 2.16. The van der Waals surface area contributed by atoms with Crippen LogP contribution in [-0.4, -0.2) is 6.61 Å². The lowest BCUT2D eigenvalue weighted by atomic mass is 10.2. The highest BCUT2D eigenvalue weighted by molar-refractivity contribution is 7.15. The fourth-order valence-corrected chi connectivity index (χ4v) is 3.27. The van der Waals surface area contributed by atoms with E-state index in [1.807, 2.05) is 11.3 Å². The maximum absolute atomic E-state index is 5.74. The van der Waals surface area contributed by atoms with Gasteiger partial charge in [-0.3, -0.25) is 0 Å². The Kier molecular flexibility index (Phi) is 6.55. The van der Waals surface area contributed by atoms with Crippen molar-refractivity contribution in [1.82, 2.24) is 0 Å². The number of hydrogen-bond donors (Lipinski definition) is 0. The third-order valence-electron chi connectivity index (χ3n) is 3.25. The molecule has 1 heterocycles. The van der Waals surface area contributed by atoms with E-state index in [0.717, 1.165) is 25.2 Å². The fraction of sp³-hybridized carbons (Fsp3) is 0.368. The van der Waals surface area contributed by atoms with Crippen LogP contribution in [0.3, 0.4) is 0 Å². The normalized spacial score (nSPS) is 11.1. The van der Waals surface area contributed by atoms with Crippen LogP contribution in [-0.2, 0) is 6.42 Å². The summed E-state index contributed by atoms with van der Waals surface area (Å²) >= 11 is 1.89. The molecule has 2 aromatic rings. The van der Waals surface area contributed by atoms with E-state index in [1.54, 1.807) is 0 Å². The quantitative estimate of drug-likeness (QED) is 0.422. The second kappa shape index (κ2) is 8.68. The van der Waals surface area contributed by atoms with Crippen LogP contribution in [0.1, 0.15) is 38.0 Å². The summed E-state index contributed by atoms with van der Waals surface area (Å²) in [6.07, 6.45) is 8.80. The zero-order valence-electron chi connectivity index (χ0n) is 13.0. The van der Waals surface area contributed by atoms with E-state index in [4.69, 9.17) is 4.74 Å². The summed E-state index contributed by atoms with van der Waals surface area (Å²) in [5, 5.41) is 0. The predicted octanol–water partition coefficient (Wildman–Crippen LogP) is 6.10. The molecule has 1 nitrogen and oxygen atoms in total. The Bertz CT molecular complexity index is 551. The Morgan fingerprint density at radius 2 is 1.81 bits per heavy atom. The third-order valence-corrected chi connectivity index (χ3v) is 4.45. The molecule has 0 bridgehead atoms. The molecule has 0 fully saturated rings. The van der Waals surface area contributed by atoms with Crippen LogP contribution in [0.25, 0.3) is 10.4 Å². The zero-order chi connectivity index (χ0) is 14.9. The molecule has 0 unspecified atom stereocenters. The highest BCUT2D eigenvalue weighted by Gasteiger charge is 2.03. The molecule has 0 atom stereocenters. The van der Waals surface area contributed by atoms with Crippen LogP contribution in [0.4, 0.5) is 0 Å². The van der Waals surface area contributed by atoms with Crippen LogP contribution in [0.15, 0.2) is 48.6 Å². The average Bonchev–Trinajstić information content (AvgIpc) is 2.97. The summed E-state index contributed by atoms with van der Waals surface area (Å²) in [5.74, 6) is 0.953. The SMILES string of the molecule is CC/C=C\CCOc1ccc(-c2ccc(CCC)s2)cc1. The Balaban J connectivity index is 1.90. The zero-order valence-corrected chi connectivity index (χ0v) is 13.8. The van der Waals surface area contributed by atoms with Crippen molar-refractivity contribution >= 4 is 11.3 Å². The molecule has 0 amide bonds. The van der Waals surface area contributed by atoms with E-state index < -0.39 is 0 Å². The average molecular weight is 300 g/mol. The van der Waals surface area contributed by atoms with Gasteiger partial charge in [0.2, 0.25) is 0 Å². The molecule has 0 aliphatic carbocycles. The molecule has 0 aliphatic heterocycles. The monoisotopic (exact) mass is 300 g/mol. The van der Waals surface area contributed by atoms with Gasteiger partial charge in [0.05, 0.1) is 6.61 Å². The maximum atomic E-state index is 5.74. The Labute approximate surface area is 132 Å². The van der Waals surface area contributed by atoms with Crippen LogP contribution in [0.5, 0.6) is 5.75 Å². The van der Waals surface area contributed by atoms with E-state index in [1.165, 1.54) is 28.2 Å². The smallest absolute Gasteiger partial charge is 0.119 e. The maximum Gasteiger partial charge on any atom is 0.119 e. The second-order valence-electron chi connectivity index (χ2n) is 5.06. The molecular weight excluding hydrogens is 276 g/mol. The minimum absolute atomic E-state index is 0.746. The number of hydrogen-bond acceptors (Lipinski definition) is 2. The molecule has 0 spiro atoms. The van der Waals surface area contributed by atoms with Gasteiger partial charge in [-0.05, 0) is 61.2 Å². The predicted molar refractivity (Wildman–Crippen MR) is 93.3 cm³/mol. The van der Waals surface area contributed by atoms with Crippen molar-refractivity contribution in [3.8, 4) is 16.2 Å². The highest BCUT2D eigenvalue weighted by atomic mass is 32.1.